The minimum atomic E-state index is 0.319. The maximum atomic E-state index is 4.33. The lowest BCUT2D eigenvalue weighted by molar-refractivity contribution is 0.623. The van der Waals surface area contributed by atoms with Crippen LogP contribution in [0.1, 0.15) is 32.1 Å². The largest absolute Gasteiger partial charge is 0.181 e. The molecule has 0 amide bonds. The van der Waals surface area contributed by atoms with Gasteiger partial charge in [0.15, 0.2) is 0 Å². The Morgan fingerprint density at radius 3 is 2.86 bits per heavy atom. The lowest BCUT2D eigenvalue weighted by atomic mass is 10.0. The topological polar surface area (TPSA) is 24.7 Å². The van der Waals surface area contributed by atoms with Crippen LogP contribution in [0.4, 0.5) is 0 Å². The molecule has 0 radical (unpaired) electrons. The van der Waals surface area contributed by atoms with Crippen molar-refractivity contribution < 1.29 is 0 Å². The van der Waals surface area contributed by atoms with Crippen molar-refractivity contribution in [2.45, 2.75) is 38.1 Å². The van der Waals surface area contributed by atoms with Crippen LogP contribution in [0.2, 0.25) is 0 Å². The first kappa shape index (κ1) is 9.38. The van der Waals surface area contributed by atoms with Crippen molar-refractivity contribution in [3.05, 3.63) is 36.1 Å². The number of hydrogen-bond donors (Lipinski definition) is 0. The average molecular weight is 188 g/mol. The lowest BCUT2D eigenvalue weighted by Gasteiger charge is -2.10. The van der Waals surface area contributed by atoms with E-state index in [-0.39, 0.29) is 0 Å². The Morgan fingerprint density at radius 2 is 2.14 bits per heavy atom. The van der Waals surface area contributed by atoms with Crippen LogP contribution in [-0.4, -0.2) is 6.04 Å². The van der Waals surface area contributed by atoms with Crippen molar-refractivity contribution in [1.82, 2.24) is 0 Å². The molecule has 0 heterocycles. The van der Waals surface area contributed by atoms with Crippen molar-refractivity contribution in [1.29, 1.82) is 0 Å². The Hall–Kier alpha value is -1.18. The Morgan fingerprint density at radius 1 is 1.14 bits per heavy atom. The molecular formula is C12H16N2. The Balaban J connectivity index is 1.92. The van der Waals surface area contributed by atoms with E-state index < -0.39 is 0 Å². The Bertz CT molecular complexity index is 297. The summed E-state index contributed by atoms with van der Waals surface area (Å²) in [5.41, 5.74) is 1.02. The van der Waals surface area contributed by atoms with Crippen LogP contribution in [0.3, 0.4) is 0 Å². The molecule has 2 aliphatic carbocycles. The summed E-state index contributed by atoms with van der Waals surface area (Å²) in [7, 11) is 0. The van der Waals surface area contributed by atoms with Gasteiger partial charge in [-0.1, -0.05) is 24.3 Å². The number of azo groups is 1. The van der Waals surface area contributed by atoms with Crippen molar-refractivity contribution in [3.8, 4) is 0 Å². The first-order valence-corrected chi connectivity index (χ1v) is 5.39. The second-order valence-electron chi connectivity index (χ2n) is 3.75. The molecule has 0 aromatic carbocycles. The molecule has 0 saturated heterocycles. The molecule has 0 aliphatic heterocycles. The third-order valence-electron chi connectivity index (χ3n) is 2.53. The summed E-state index contributed by atoms with van der Waals surface area (Å²) in [6, 6.07) is 0.319. The molecule has 2 nitrogen and oxygen atoms in total. The van der Waals surface area contributed by atoms with Gasteiger partial charge in [-0.25, -0.2) is 0 Å². The summed E-state index contributed by atoms with van der Waals surface area (Å²) in [5.74, 6) is 0. The molecule has 1 atom stereocenters. The number of rotatable bonds is 2. The molecule has 0 aromatic heterocycles. The van der Waals surface area contributed by atoms with E-state index in [0.717, 1.165) is 25.0 Å². The molecule has 0 N–H and O–H groups in total. The molecule has 0 fully saturated rings. The Labute approximate surface area is 85.1 Å². The third kappa shape index (κ3) is 2.66. The normalized spacial score (nSPS) is 26.9. The molecule has 0 bridgehead atoms. The van der Waals surface area contributed by atoms with Gasteiger partial charge in [-0.2, -0.15) is 10.2 Å². The maximum absolute atomic E-state index is 4.33. The van der Waals surface area contributed by atoms with Gasteiger partial charge in [0.25, 0.3) is 0 Å². The zero-order chi connectivity index (χ0) is 9.64. The van der Waals surface area contributed by atoms with Gasteiger partial charge >= 0.3 is 0 Å². The van der Waals surface area contributed by atoms with Gasteiger partial charge in [0.05, 0.1) is 11.7 Å². The molecule has 14 heavy (non-hydrogen) atoms. The van der Waals surface area contributed by atoms with Crippen LogP contribution in [0.5, 0.6) is 0 Å². The smallest absolute Gasteiger partial charge is 0.0893 e. The second kappa shape index (κ2) is 4.89. The Kier molecular flexibility index (Phi) is 3.28. The number of hydrogen-bond acceptors (Lipinski definition) is 2. The highest BCUT2D eigenvalue weighted by atomic mass is 15.1. The van der Waals surface area contributed by atoms with Crippen LogP contribution < -0.4 is 0 Å². The predicted octanol–water partition coefficient (Wildman–Crippen LogP) is 3.78. The summed E-state index contributed by atoms with van der Waals surface area (Å²) >= 11 is 0. The van der Waals surface area contributed by atoms with Crippen LogP contribution in [-0.2, 0) is 0 Å². The van der Waals surface area contributed by atoms with Gasteiger partial charge in [0.2, 0.25) is 0 Å². The maximum Gasteiger partial charge on any atom is 0.0893 e. The molecule has 0 saturated carbocycles. The highest BCUT2D eigenvalue weighted by Crippen LogP contribution is 2.16. The third-order valence-corrected chi connectivity index (χ3v) is 2.53. The minimum Gasteiger partial charge on any atom is -0.181 e. The fourth-order valence-corrected chi connectivity index (χ4v) is 1.71. The zero-order valence-electron chi connectivity index (χ0n) is 8.39. The van der Waals surface area contributed by atoms with E-state index in [9.17, 15) is 0 Å². The van der Waals surface area contributed by atoms with Crippen molar-refractivity contribution in [3.63, 3.8) is 0 Å². The summed E-state index contributed by atoms with van der Waals surface area (Å²) < 4.78 is 0. The van der Waals surface area contributed by atoms with E-state index in [1.54, 1.807) is 0 Å². The van der Waals surface area contributed by atoms with Crippen molar-refractivity contribution in [2.24, 2.45) is 10.2 Å². The van der Waals surface area contributed by atoms with E-state index >= 15 is 0 Å². The molecule has 1 unspecified atom stereocenters. The van der Waals surface area contributed by atoms with Gasteiger partial charge in [-0.15, -0.1) is 0 Å². The number of nitrogens with zero attached hydrogens (tertiary/aromatic N) is 2. The second-order valence-corrected chi connectivity index (χ2v) is 3.75. The highest BCUT2D eigenvalue weighted by Gasteiger charge is 2.06. The lowest BCUT2D eigenvalue weighted by Crippen LogP contribution is -2.02. The fourth-order valence-electron chi connectivity index (χ4n) is 1.71. The monoisotopic (exact) mass is 188 g/mol. The standard InChI is InChI=1S/C12H16N2/c1-3-7-11(8-4-1)13-14-12-9-5-2-6-10-12/h3,5,7-9,12H,1-2,4,6,10H2. The minimum absolute atomic E-state index is 0.319. The van der Waals surface area contributed by atoms with Crippen molar-refractivity contribution >= 4 is 0 Å². The summed E-state index contributed by atoms with van der Waals surface area (Å²) in [6.45, 7) is 0. The molecule has 0 spiro atoms. The van der Waals surface area contributed by atoms with Gasteiger partial charge in [-0.05, 0) is 38.2 Å². The van der Waals surface area contributed by atoms with E-state index in [1.807, 2.05) is 0 Å². The summed E-state index contributed by atoms with van der Waals surface area (Å²) in [6.07, 6.45) is 16.6. The molecular weight excluding hydrogens is 172 g/mol. The van der Waals surface area contributed by atoms with Gasteiger partial charge < -0.3 is 0 Å². The van der Waals surface area contributed by atoms with E-state index in [4.69, 9.17) is 0 Å². The van der Waals surface area contributed by atoms with Gasteiger partial charge in [0, 0.05) is 0 Å². The molecule has 74 valence electrons. The first-order valence-electron chi connectivity index (χ1n) is 5.39. The van der Waals surface area contributed by atoms with E-state index in [0.29, 0.717) is 6.04 Å². The summed E-state index contributed by atoms with van der Waals surface area (Å²) in [5, 5.41) is 8.58. The van der Waals surface area contributed by atoms with Gasteiger partial charge in [0.1, 0.15) is 0 Å². The first-order chi connectivity index (χ1) is 6.95. The van der Waals surface area contributed by atoms with Crippen LogP contribution in [0, 0.1) is 0 Å². The van der Waals surface area contributed by atoms with E-state index in [2.05, 4.69) is 40.6 Å². The molecule has 2 aliphatic rings. The zero-order valence-corrected chi connectivity index (χ0v) is 8.39. The van der Waals surface area contributed by atoms with Crippen LogP contribution >= 0.6 is 0 Å². The van der Waals surface area contributed by atoms with Gasteiger partial charge in [-0.3, -0.25) is 0 Å². The van der Waals surface area contributed by atoms with Crippen LogP contribution in [0.15, 0.2) is 46.3 Å². The van der Waals surface area contributed by atoms with E-state index in [1.165, 1.54) is 12.8 Å². The quantitative estimate of drug-likeness (QED) is 0.465. The predicted molar refractivity (Wildman–Crippen MR) is 58.1 cm³/mol. The fraction of sp³-hybridized carbons (Fsp3) is 0.500. The molecule has 0 aromatic rings. The number of allylic oxidation sites excluding steroid dienone is 4. The SMILES string of the molecule is C1=CC(N=NC2C=CCCC2)=CCC1. The summed E-state index contributed by atoms with van der Waals surface area (Å²) in [4.78, 5) is 0. The highest BCUT2D eigenvalue weighted by molar-refractivity contribution is 5.20. The van der Waals surface area contributed by atoms with Crippen LogP contribution in [0.25, 0.3) is 0 Å². The van der Waals surface area contributed by atoms with Crippen molar-refractivity contribution in [2.75, 3.05) is 0 Å². The molecule has 2 rings (SSSR count). The average Bonchev–Trinajstić information content (AvgIpc) is 2.29. The molecule has 2 heteroatoms.